The van der Waals surface area contributed by atoms with E-state index in [4.69, 9.17) is 10.4 Å². The molecule has 1 fully saturated rings. The Morgan fingerprint density at radius 2 is 2.00 bits per heavy atom. The predicted octanol–water partition coefficient (Wildman–Crippen LogP) is 0.104. The van der Waals surface area contributed by atoms with Crippen molar-refractivity contribution < 1.29 is 14.7 Å². The number of pyridine rings is 1. The van der Waals surface area contributed by atoms with Crippen molar-refractivity contribution in [3.05, 3.63) is 29.1 Å². The molecule has 0 radical (unpaired) electrons. The van der Waals surface area contributed by atoms with E-state index in [1.54, 1.807) is 28.9 Å². The van der Waals surface area contributed by atoms with Gasteiger partial charge in [0.05, 0.1) is 17.8 Å². The van der Waals surface area contributed by atoms with Crippen LogP contribution < -0.4 is 0 Å². The maximum absolute atomic E-state index is 12.3. The fraction of sp³-hybridized carbons (Fsp3) is 0.429. The molecular weight excluding hydrogens is 272 g/mol. The lowest BCUT2D eigenvalue weighted by atomic mass is 10.2. The quantitative estimate of drug-likeness (QED) is 0.847. The van der Waals surface area contributed by atoms with Gasteiger partial charge in [0, 0.05) is 26.2 Å². The molecule has 7 nitrogen and oxygen atoms in total. The smallest absolute Gasteiger partial charge is 0.317 e. The zero-order valence-corrected chi connectivity index (χ0v) is 11.7. The monoisotopic (exact) mass is 288 g/mol. The summed E-state index contributed by atoms with van der Waals surface area (Å²) in [4.78, 5) is 30.6. The number of nitrogens with zero attached hydrogens (tertiary/aromatic N) is 4. The molecule has 1 N–H and O–H groups in total. The number of carboxylic acid groups (broad SMARTS) is 1. The number of hydrogen-bond acceptors (Lipinski definition) is 5. The number of aryl methyl sites for hydroxylation is 1. The second-order valence-corrected chi connectivity index (χ2v) is 4.90. The van der Waals surface area contributed by atoms with Crippen molar-refractivity contribution >= 4 is 11.9 Å². The number of rotatable bonds is 3. The van der Waals surface area contributed by atoms with Crippen LogP contribution in [0.1, 0.15) is 21.7 Å². The number of carbonyl (C=O) groups excluding carboxylic acids is 1. The minimum absolute atomic E-state index is 0.00372. The second-order valence-electron chi connectivity index (χ2n) is 4.90. The Hall–Kier alpha value is -2.46. The van der Waals surface area contributed by atoms with E-state index in [1.807, 2.05) is 6.07 Å². The van der Waals surface area contributed by atoms with Crippen LogP contribution in [0.2, 0.25) is 0 Å². The molecule has 0 saturated carbocycles. The number of aromatic nitrogens is 1. The lowest BCUT2D eigenvalue weighted by Gasteiger charge is -2.33. The number of aliphatic carboxylic acids is 1. The summed E-state index contributed by atoms with van der Waals surface area (Å²) in [6.45, 7) is 3.72. The highest BCUT2D eigenvalue weighted by atomic mass is 16.4. The van der Waals surface area contributed by atoms with Gasteiger partial charge in [-0.2, -0.15) is 5.26 Å². The van der Waals surface area contributed by atoms with Crippen LogP contribution in [0, 0.1) is 18.3 Å². The summed E-state index contributed by atoms with van der Waals surface area (Å²) in [6, 6.07) is 5.16. The van der Waals surface area contributed by atoms with Crippen molar-refractivity contribution in [1.82, 2.24) is 14.8 Å². The summed E-state index contributed by atoms with van der Waals surface area (Å²) in [5.74, 6) is -1.04. The molecule has 110 valence electrons. The third-order valence-electron chi connectivity index (χ3n) is 3.44. The van der Waals surface area contributed by atoms with Gasteiger partial charge in [0.25, 0.3) is 5.91 Å². The maximum Gasteiger partial charge on any atom is 0.317 e. The molecule has 7 heteroatoms. The Labute approximate surface area is 122 Å². The van der Waals surface area contributed by atoms with Crippen molar-refractivity contribution in [3.8, 4) is 6.07 Å². The number of piperazine rings is 1. The van der Waals surface area contributed by atoms with Crippen LogP contribution in [0.15, 0.2) is 12.1 Å². The molecule has 0 aliphatic carbocycles. The number of carbonyl (C=O) groups is 2. The molecular formula is C14H16N4O3. The zero-order chi connectivity index (χ0) is 15.4. The first-order chi connectivity index (χ1) is 10.0. The fourth-order valence-electron chi connectivity index (χ4n) is 2.26. The highest BCUT2D eigenvalue weighted by Gasteiger charge is 2.24. The van der Waals surface area contributed by atoms with Gasteiger partial charge in [-0.15, -0.1) is 0 Å². The Morgan fingerprint density at radius 3 is 2.52 bits per heavy atom. The van der Waals surface area contributed by atoms with Crippen LogP contribution in [0.25, 0.3) is 0 Å². The third kappa shape index (κ3) is 3.55. The first-order valence-corrected chi connectivity index (χ1v) is 6.62. The summed E-state index contributed by atoms with van der Waals surface area (Å²) in [6.07, 6.45) is 0. The summed E-state index contributed by atoms with van der Waals surface area (Å²) in [5, 5.41) is 17.6. The molecule has 0 spiro atoms. The van der Waals surface area contributed by atoms with E-state index < -0.39 is 5.97 Å². The van der Waals surface area contributed by atoms with Gasteiger partial charge >= 0.3 is 5.97 Å². The minimum atomic E-state index is -0.862. The van der Waals surface area contributed by atoms with Crippen molar-refractivity contribution in [1.29, 1.82) is 5.26 Å². The van der Waals surface area contributed by atoms with Crippen LogP contribution in [0.5, 0.6) is 0 Å². The summed E-state index contributed by atoms with van der Waals surface area (Å²) in [5.41, 5.74) is 1.31. The number of nitriles is 1. The molecule has 1 aliphatic rings. The topological polar surface area (TPSA) is 97.5 Å². The number of carboxylic acids is 1. The van der Waals surface area contributed by atoms with Gasteiger partial charge in [-0.05, 0) is 19.1 Å². The molecule has 1 aromatic heterocycles. The Balaban J connectivity index is 2.00. The van der Waals surface area contributed by atoms with E-state index in [-0.39, 0.29) is 12.5 Å². The molecule has 21 heavy (non-hydrogen) atoms. The van der Waals surface area contributed by atoms with E-state index in [9.17, 15) is 9.59 Å². The van der Waals surface area contributed by atoms with Gasteiger partial charge in [0.1, 0.15) is 11.8 Å². The Kier molecular flexibility index (Phi) is 4.50. The van der Waals surface area contributed by atoms with Gasteiger partial charge in [-0.25, -0.2) is 4.98 Å². The molecule has 1 aromatic rings. The van der Waals surface area contributed by atoms with Crippen molar-refractivity contribution in [2.24, 2.45) is 0 Å². The molecule has 2 heterocycles. The van der Waals surface area contributed by atoms with Crippen LogP contribution in [-0.4, -0.2) is 64.5 Å². The predicted molar refractivity (Wildman–Crippen MR) is 73.7 cm³/mol. The summed E-state index contributed by atoms with van der Waals surface area (Å²) < 4.78 is 0. The highest BCUT2D eigenvalue weighted by Crippen LogP contribution is 2.10. The SMILES string of the molecule is Cc1nc(C(=O)N2CCN(CC(=O)O)CC2)ccc1C#N. The van der Waals surface area contributed by atoms with Gasteiger partial charge < -0.3 is 10.0 Å². The number of hydrogen-bond donors (Lipinski definition) is 1. The van der Waals surface area contributed by atoms with E-state index in [1.165, 1.54) is 0 Å². The summed E-state index contributed by atoms with van der Waals surface area (Å²) >= 11 is 0. The van der Waals surface area contributed by atoms with E-state index in [0.29, 0.717) is 43.1 Å². The zero-order valence-electron chi connectivity index (χ0n) is 11.7. The van der Waals surface area contributed by atoms with Crippen molar-refractivity contribution in [2.45, 2.75) is 6.92 Å². The lowest BCUT2D eigenvalue weighted by molar-refractivity contribution is -0.138. The van der Waals surface area contributed by atoms with Crippen LogP contribution in [0.4, 0.5) is 0 Å². The molecule has 1 saturated heterocycles. The van der Waals surface area contributed by atoms with E-state index in [0.717, 1.165) is 0 Å². The fourth-order valence-corrected chi connectivity index (χ4v) is 2.26. The molecule has 0 atom stereocenters. The minimum Gasteiger partial charge on any atom is -0.480 e. The highest BCUT2D eigenvalue weighted by molar-refractivity contribution is 5.92. The van der Waals surface area contributed by atoms with Gasteiger partial charge in [-0.3, -0.25) is 14.5 Å². The van der Waals surface area contributed by atoms with Crippen molar-refractivity contribution in [3.63, 3.8) is 0 Å². The first kappa shape index (κ1) is 14.9. The standard InChI is InChI=1S/C14H16N4O3/c1-10-11(8-15)2-3-12(16-10)14(21)18-6-4-17(5-7-18)9-13(19)20/h2-3H,4-7,9H2,1H3,(H,19,20). The Morgan fingerprint density at radius 1 is 1.33 bits per heavy atom. The van der Waals surface area contributed by atoms with E-state index in [2.05, 4.69) is 4.98 Å². The molecule has 0 unspecified atom stereocenters. The van der Waals surface area contributed by atoms with Gasteiger partial charge in [-0.1, -0.05) is 0 Å². The number of amides is 1. The van der Waals surface area contributed by atoms with Gasteiger partial charge in [0.2, 0.25) is 0 Å². The van der Waals surface area contributed by atoms with Crippen LogP contribution >= 0.6 is 0 Å². The normalized spacial score (nSPS) is 15.5. The molecule has 2 rings (SSSR count). The first-order valence-electron chi connectivity index (χ1n) is 6.62. The largest absolute Gasteiger partial charge is 0.480 e. The van der Waals surface area contributed by atoms with Crippen LogP contribution in [-0.2, 0) is 4.79 Å². The second kappa shape index (κ2) is 6.33. The Bertz CT molecular complexity index is 601. The average molecular weight is 288 g/mol. The maximum atomic E-state index is 12.3. The molecule has 0 aromatic carbocycles. The average Bonchev–Trinajstić information content (AvgIpc) is 2.46. The lowest BCUT2D eigenvalue weighted by Crippen LogP contribution is -2.50. The van der Waals surface area contributed by atoms with Crippen molar-refractivity contribution in [2.75, 3.05) is 32.7 Å². The third-order valence-corrected chi connectivity index (χ3v) is 3.44. The van der Waals surface area contributed by atoms with E-state index >= 15 is 0 Å². The molecule has 1 aliphatic heterocycles. The molecule has 0 bridgehead atoms. The van der Waals surface area contributed by atoms with Gasteiger partial charge in [0.15, 0.2) is 0 Å². The van der Waals surface area contributed by atoms with Crippen LogP contribution in [0.3, 0.4) is 0 Å². The molecule has 1 amide bonds. The summed E-state index contributed by atoms with van der Waals surface area (Å²) in [7, 11) is 0.